The number of benzene rings is 1. The second kappa shape index (κ2) is 8.31. The molecule has 1 amide bonds. The molecule has 2 aromatic rings. The number of nitrogens with one attached hydrogen (secondary N) is 1. The van der Waals surface area contributed by atoms with Gasteiger partial charge < -0.3 is 5.32 Å². The third kappa shape index (κ3) is 4.82. The number of carbonyl (C=O) groups excluding carboxylic acids is 1. The quantitative estimate of drug-likeness (QED) is 0.850. The molecule has 0 radical (unpaired) electrons. The van der Waals surface area contributed by atoms with Gasteiger partial charge in [-0.15, -0.1) is 0 Å². The Kier molecular flexibility index (Phi) is 6.40. The van der Waals surface area contributed by atoms with Gasteiger partial charge in [0.05, 0.1) is 17.3 Å². The highest BCUT2D eigenvalue weighted by molar-refractivity contribution is 6.41. The predicted octanol–water partition coefficient (Wildman–Crippen LogP) is 3.45. The summed E-state index contributed by atoms with van der Waals surface area (Å²) in [5, 5.41) is 6.74. The molecule has 0 aliphatic rings. The van der Waals surface area contributed by atoms with E-state index in [1.807, 2.05) is 30.3 Å². The lowest BCUT2D eigenvalue weighted by Gasteiger charge is -2.21. The summed E-state index contributed by atoms with van der Waals surface area (Å²) >= 11 is 11.5. The first kappa shape index (κ1) is 18.5. The maximum Gasteiger partial charge on any atom is 0.287 e. The minimum absolute atomic E-state index is 0.0697. The van der Waals surface area contributed by atoms with E-state index in [2.05, 4.69) is 24.3 Å². The van der Waals surface area contributed by atoms with Gasteiger partial charge in [-0.3, -0.25) is 9.59 Å². The van der Waals surface area contributed by atoms with E-state index in [0.29, 0.717) is 5.92 Å². The van der Waals surface area contributed by atoms with E-state index < -0.39 is 5.56 Å². The Hall–Kier alpha value is -1.85. The first-order valence-corrected chi connectivity index (χ1v) is 8.39. The molecular formula is C17H19Cl2N3O2. The van der Waals surface area contributed by atoms with Gasteiger partial charge in [-0.1, -0.05) is 67.4 Å². The molecule has 1 aromatic carbocycles. The molecule has 0 saturated heterocycles. The van der Waals surface area contributed by atoms with Crippen molar-refractivity contribution in [3.05, 3.63) is 62.5 Å². The Labute approximate surface area is 150 Å². The summed E-state index contributed by atoms with van der Waals surface area (Å²) in [5.41, 5.74) is 0.438. The number of rotatable bonds is 6. The van der Waals surface area contributed by atoms with Crippen molar-refractivity contribution in [3.8, 4) is 0 Å². The molecule has 0 unspecified atom stereocenters. The van der Waals surface area contributed by atoms with Crippen LogP contribution in [0.1, 0.15) is 31.9 Å². The molecule has 7 heteroatoms. The van der Waals surface area contributed by atoms with Crippen LogP contribution in [-0.2, 0) is 11.3 Å². The third-order valence-corrected chi connectivity index (χ3v) is 4.23. The second-order valence-corrected chi connectivity index (χ2v) is 6.71. The molecule has 0 fully saturated rings. The highest BCUT2D eigenvalue weighted by atomic mass is 35.5. The molecule has 128 valence electrons. The first-order chi connectivity index (χ1) is 11.4. The van der Waals surface area contributed by atoms with Crippen LogP contribution >= 0.6 is 23.2 Å². The lowest BCUT2D eigenvalue weighted by molar-refractivity contribution is -0.122. The fourth-order valence-corrected chi connectivity index (χ4v) is 2.64. The molecule has 2 rings (SSSR count). The van der Waals surface area contributed by atoms with Crippen LogP contribution in [0.5, 0.6) is 0 Å². The van der Waals surface area contributed by atoms with Crippen molar-refractivity contribution in [2.75, 3.05) is 0 Å². The number of halogens is 2. The van der Waals surface area contributed by atoms with E-state index >= 15 is 0 Å². The Morgan fingerprint density at radius 1 is 1.25 bits per heavy atom. The number of aromatic nitrogens is 2. The number of hydrogen-bond acceptors (Lipinski definition) is 3. The van der Waals surface area contributed by atoms with Gasteiger partial charge in [0.2, 0.25) is 5.91 Å². The van der Waals surface area contributed by atoms with Crippen molar-refractivity contribution in [1.29, 1.82) is 0 Å². The number of hydrogen-bond donors (Lipinski definition) is 1. The maximum absolute atomic E-state index is 12.3. The van der Waals surface area contributed by atoms with Crippen LogP contribution in [-0.4, -0.2) is 15.7 Å². The minimum atomic E-state index is -0.584. The Morgan fingerprint density at radius 2 is 1.92 bits per heavy atom. The summed E-state index contributed by atoms with van der Waals surface area (Å²) < 4.78 is 1.00. The lowest BCUT2D eigenvalue weighted by atomic mass is 9.97. The number of nitrogens with zero attached hydrogens (tertiary/aromatic N) is 2. The molecule has 1 heterocycles. The molecule has 1 N–H and O–H groups in total. The molecule has 0 bridgehead atoms. The predicted molar refractivity (Wildman–Crippen MR) is 95.3 cm³/mol. The van der Waals surface area contributed by atoms with Gasteiger partial charge in [-0.25, -0.2) is 4.68 Å². The zero-order chi connectivity index (χ0) is 17.7. The molecule has 24 heavy (non-hydrogen) atoms. The highest BCUT2D eigenvalue weighted by Crippen LogP contribution is 2.21. The zero-order valence-electron chi connectivity index (χ0n) is 13.5. The molecule has 1 atom stereocenters. The maximum atomic E-state index is 12.3. The fourth-order valence-electron chi connectivity index (χ4n) is 2.37. The molecule has 0 saturated carbocycles. The van der Waals surface area contributed by atoms with Crippen LogP contribution in [0, 0.1) is 5.92 Å². The van der Waals surface area contributed by atoms with Crippen molar-refractivity contribution >= 4 is 29.1 Å². The van der Waals surface area contributed by atoms with Gasteiger partial charge in [0.25, 0.3) is 5.56 Å². The van der Waals surface area contributed by atoms with Gasteiger partial charge in [-0.2, -0.15) is 5.10 Å². The van der Waals surface area contributed by atoms with E-state index in [-0.39, 0.29) is 28.5 Å². The van der Waals surface area contributed by atoms with Crippen LogP contribution in [0.25, 0.3) is 0 Å². The molecular weight excluding hydrogens is 349 g/mol. The van der Waals surface area contributed by atoms with Gasteiger partial charge in [-0.05, 0) is 17.9 Å². The van der Waals surface area contributed by atoms with Crippen molar-refractivity contribution in [3.63, 3.8) is 0 Å². The Morgan fingerprint density at radius 3 is 2.54 bits per heavy atom. The SMILES string of the molecule is CC(C)C[C@@H](NC(=O)Cn1ncc(Cl)c(Cl)c1=O)c1ccccc1. The fraction of sp³-hybridized carbons (Fsp3) is 0.353. The zero-order valence-corrected chi connectivity index (χ0v) is 15.0. The number of carbonyl (C=O) groups is 1. The van der Waals surface area contributed by atoms with E-state index in [0.717, 1.165) is 16.7 Å². The molecule has 1 aromatic heterocycles. The summed E-state index contributed by atoms with van der Waals surface area (Å²) in [7, 11) is 0. The van der Waals surface area contributed by atoms with E-state index in [1.54, 1.807) is 0 Å². The van der Waals surface area contributed by atoms with Crippen molar-refractivity contribution in [1.82, 2.24) is 15.1 Å². The van der Waals surface area contributed by atoms with Crippen LogP contribution in [0.4, 0.5) is 0 Å². The summed E-state index contributed by atoms with van der Waals surface area (Å²) in [6, 6.07) is 9.60. The topological polar surface area (TPSA) is 64.0 Å². The van der Waals surface area contributed by atoms with Gasteiger partial charge >= 0.3 is 0 Å². The van der Waals surface area contributed by atoms with Gasteiger partial charge in [0.15, 0.2) is 0 Å². The second-order valence-electron chi connectivity index (χ2n) is 5.93. The average molecular weight is 368 g/mol. The van der Waals surface area contributed by atoms with Gasteiger partial charge in [0, 0.05) is 0 Å². The van der Waals surface area contributed by atoms with Crippen molar-refractivity contribution in [2.45, 2.75) is 32.9 Å². The first-order valence-electron chi connectivity index (χ1n) is 7.64. The summed E-state index contributed by atoms with van der Waals surface area (Å²) in [6.07, 6.45) is 2.04. The van der Waals surface area contributed by atoms with Gasteiger partial charge in [0.1, 0.15) is 11.6 Å². The smallest absolute Gasteiger partial charge is 0.287 e. The largest absolute Gasteiger partial charge is 0.348 e. The van der Waals surface area contributed by atoms with Crippen LogP contribution in [0.2, 0.25) is 10.0 Å². The highest BCUT2D eigenvalue weighted by Gasteiger charge is 2.17. The standard InChI is InChI=1S/C17H19Cl2N3O2/c1-11(2)8-14(12-6-4-3-5-7-12)21-15(23)10-22-17(24)16(19)13(18)9-20-22/h3-7,9,11,14H,8,10H2,1-2H3,(H,21,23)/t14-/m1/s1. The normalized spacial score (nSPS) is 12.2. The average Bonchev–Trinajstić information content (AvgIpc) is 2.55. The van der Waals surface area contributed by atoms with E-state index in [4.69, 9.17) is 23.2 Å². The van der Waals surface area contributed by atoms with Crippen LogP contribution in [0.3, 0.4) is 0 Å². The summed E-state index contributed by atoms with van der Waals surface area (Å²) in [6.45, 7) is 3.97. The monoisotopic (exact) mass is 367 g/mol. The lowest BCUT2D eigenvalue weighted by Crippen LogP contribution is -2.36. The Bertz CT molecular complexity index is 760. The number of amides is 1. The molecule has 0 spiro atoms. The van der Waals surface area contributed by atoms with E-state index in [9.17, 15) is 9.59 Å². The van der Waals surface area contributed by atoms with Crippen LogP contribution < -0.4 is 10.9 Å². The minimum Gasteiger partial charge on any atom is -0.348 e. The molecule has 0 aliphatic heterocycles. The molecule has 0 aliphatic carbocycles. The van der Waals surface area contributed by atoms with Crippen molar-refractivity contribution in [2.24, 2.45) is 5.92 Å². The van der Waals surface area contributed by atoms with Crippen LogP contribution in [0.15, 0.2) is 41.3 Å². The summed E-state index contributed by atoms with van der Waals surface area (Å²) in [4.78, 5) is 24.3. The van der Waals surface area contributed by atoms with E-state index in [1.165, 1.54) is 6.20 Å². The summed E-state index contributed by atoms with van der Waals surface area (Å²) in [5.74, 6) is 0.0961. The Balaban J connectivity index is 2.14. The van der Waals surface area contributed by atoms with Crippen molar-refractivity contribution < 1.29 is 4.79 Å². The third-order valence-electron chi connectivity index (χ3n) is 3.48. The molecule has 5 nitrogen and oxygen atoms in total.